The number of benzene rings is 7. The molecule has 0 fully saturated rings. The highest BCUT2D eigenvalue weighted by atomic mass is 16.5. The first-order valence-corrected chi connectivity index (χ1v) is 15.0. The minimum absolute atomic E-state index is 0.0533. The van der Waals surface area contributed by atoms with Gasteiger partial charge in [-0.15, -0.1) is 0 Å². The summed E-state index contributed by atoms with van der Waals surface area (Å²) in [5, 5.41) is 7.59. The Balaban J connectivity index is 1.62. The lowest BCUT2D eigenvalue weighted by Gasteiger charge is -2.27. The molecule has 218 valence electrons. The molecule has 0 atom stereocenters. The van der Waals surface area contributed by atoms with E-state index < -0.39 is 0 Å². The smallest absolute Gasteiger partial charge is 0.118 e. The Morgan fingerprint density at radius 1 is 0.432 bits per heavy atom. The van der Waals surface area contributed by atoms with Crippen LogP contribution < -0.4 is 14.2 Å². The molecule has 0 N–H and O–H groups in total. The van der Waals surface area contributed by atoms with Gasteiger partial charge in [0.05, 0.1) is 21.3 Å². The van der Waals surface area contributed by atoms with Gasteiger partial charge in [-0.25, -0.2) is 0 Å². The third-order valence-corrected chi connectivity index (χ3v) is 8.89. The molecular formula is C41H36O3. The maximum absolute atomic E-state index is 5.51. The van der Waals surface area contributed by atoms with Crippen molar-refractivity contribution in [3.63, 3.8) is 0 Å². The van der Waals surface area contributed by atoms with E-state index in [-0.39, 0.29) is 5.41 Å². The molecule has 0 saturated heterocycles. The molecule has 0 heterocycles. The van der Waals surface area contributed by atoms with Gasteiger partial charge in [0.25, 0.3) is 0 Å². The van der Waals surface area contributed by atoms with Gasteiger partial charge in [0.2, 0.25) is 0 Å². The fourth-order valence-corrected chi connectivity index (χ4v) is 6.65. The first-order chi connectivity index (χ1) is 21.3. The number of rotatable bonds is 6. The van der Waals surface area contributed by atoms with Crippen LogP contribution >= 0.6 is 0 Å². The van der Waals surface area contributed by atoms with Crippen LogP contribution in [0.3, 0.4) is 0 Å². The zero-order chi connectivity index (χ0) is 30.6. The number of ether oxygens (including phenoxy) is 3. The van der Waals surface area contributed by atoms with Crippen molar-refractivity contribution in [1.82, 2.24) is 0 Å². The molecule has 3 nitrogen and oxygen atoms in total. The highest BCUT2D eigenvalue weighted by Gasteiger charge is 2.25. The summed E-state index contributed by atoms with van der Waals surface area (Å²) >= 11 is 0. The van der Waals surface area contributed by atoms with Gasteiger partial charge < -0.3 is 14.2 Å². The van der Waals surface area contributed by atoms with E-state index in [1.807, 2.05) is 24.3 Å². The van der Waals surface area contributed by atoms with Crippen molar-refractivity contribution in [2.24, 2.45) is 0 Å². The monoisotopic (exact) mass is 576 g/mol. The van der Waals surface area contributed by atoms with E-state index in [9.17, 15) is 0 Å². The summed E-state index contributed by atoms with van der Waals surface area (Å²) in [7, 11) is 5.13. The summed E-state index contributed by atoms with van der Waals surface area (Å²) in [5.41, 5.74) is 8.47. The molecule has 0 saturated carbocycles. The van der Waals surface area contributed by atoms with Crippen LogP contribution in [0.4, 0.5) is 0 Å². The van der Waals surface area contributed by atoms with Gasteiger partial charge >= 0.3 is 0 Å². The van der Waals surface area contributed by atoms with E-state index in [2.05, 4.69) is 106 Å². The van der Waals surface area contributed by atoms with Crippen molar-refractivity contribution in [2.75, 3.05) is 21.3 Å². The maximum Gasteiger partial charge on any atom is 0.118 e. The minimum Gasteiger partial charge on any atom is -0.497 e. The van der Waals surface area contributed by atoms with E-state index in [1.54, 1.807) is 21.3 Å². The summed E-state index contributed by atoms with van der Waals surface area (Å²) in [6.07, 6.45) is 0. The predicted octanol–water partition coefficient (Wildman–Crippen LogP) is 10.9. The quantitative estimate of drug-likeness (QED) is 0.184. The highest BCUT2D eigenvalue weighted by molar-refractivity contribution is 6.30. The van der Waals surface area contributed by atoms with Gasteiger partial charge in [0.1, 0.15) is 17.2 Å². The van der Waals surface area contributed by atoms with Crippen molar-refractivity contribution in [1.29, 1.82) is 0 Å². The highest BCUT2D eigenvalue weighted by Crippen LogP contribution is 2.48. The van der Waals surface area contributed by atoms with Gasteiger partial charge in [-0.1, -0.05) is 81.4 Å². The SMILES string of the molecule is COc1ccc(-c2c(C(C)(C)C)cc3ccc4c(-c5ccc(OC)cc5)cc(-c5ccc(OC)cc5)c5ccc2c3c45)cc1. The molecule has 0 amide bonds. The summed E-state index contributed by atoms with van der Waals surface area (Å²) in [6.45, 7) is 6.91. The van der Waals surface area contributed by atoms with Crippen LogP contribution in [0.1, 0.15) is 26.3 Å². The Bertz CT molecular complexity index is 2050. The molecule has 0 unspecified atom stereocenters. The first-order valence-electron chi connectivity index (χ1n) is 15.0. The van der Waals surface area contributed by atoms with Gasteiger partial charge in [-0.05, 0) is 125 Å². The molecule has 7 aromatic rings. The van der Waals surface area contributed by atoms with Crippen molar-refractivity contribution >= 4 is 32.3 Å². The van der Waals surface area contributed by atoms with Crippen LogP contribution in [0.25, 0.3) is 65.7 Å². The third kappa shape index (κ3) is 4.51. The Morgan fingerprint density at radius 3 is 1.32 bits per heavy atom. The normalized spacial score (nSPS) is 11.9. The molecule has 3 heteroatoms. The van der Waals surface area contributed by atoms with Crippen molar-refractivity contribution < 1.29 is 14.2 Å². The molecule has 7 rings (SSSR count). The van der Waals surface area contributed by atoms with E-state index in [1.165, 1.54) is 60.1 Å². The predicted molar refractivity (Wildman–Crippen MR) is 185 cm³/mol. The van der Waals surface area contributed by atoms with E-state index in [0.717, 1.165) is 28.4 Å². The zero-order valence-electron chi connectivity index (χ0n) is 26.1. The second-order valence-electron chi connectivity index (χ2n) is 12.5. The van der Waals surface area contributed by atoms with Crippen LogP contribution in [0.15, 0.2) is 109 Å². The molecule has 0 radical (unpaired) electrons. The zero-order valence-corrected chi connectivity index (χ0v) is 26.1. The van der Waals surface area contributed by atoms with Gasteiger partial charge in [0.15, 0.2) is 0 Å². The molecule has 0 bridgehead atoms. The molecule has 0 spiro atoms. The summed E-state index contributed by atoms with van der Waals surface area (Å²) in [5.74, 6) is 2.55. The molecule has 0 aliphatic heterocycles. The maximum atomic E-state index is 5.51. The summed E-state index contributed by atoms with van der Waals surface area (Å²) in [4.78, 5) is 0. The van der Waals surface area contributed by atoms with Crippen LogP contribution in [0, 0.1) is 0 Å². The minimum atomic E-state index is -0.0533. The van der Waals surface area contributed by atoms with Crippen molar-refractivity contribution in [3.8, 4) is 50.6 Å². The molecular weight excluding hydrogens is 540 g/mol. The fraction of sp³-hybridized carbons (Fsp3) is 0.171. The first kappa shape index (κ1) is 27.8. The van der Waals surface area contributed by atoms with E-state index >= 15 is 0 Å². The van der Waals surface area contributed by atoms with Gasteiger partial charge in [0, 0.05) is 0 Å². The molecule has 7 aromatic carbocycles. The largest absolute Gasteiger partial charge is 0.497 e. The summed E-state index contributed by atoms with van der Waals surface area (Å²) in [6, 6.07) is 39.3. The van der Waals surface area contributed by atoms with E-state index in [0.29, 0.717) is 0 Å². The van der Waals surface area contributed by atoms with Crippen molar-refractivity contribution in [3.05, 3.63) is 115 Å². The number of methoxy groups -OCH3 is 3. The van der Waals surface area contributed by atoms with Crippen LogP contribution in [0.2, 0.25) is 0 Å². The lowest BCUT2D eigenvalue weighted by Crippen LogP contribution is -2.13. The molecule has 0 aliphatic carbocycles. The van der Waals surface area contributed by atoms with Crippen molar-refractivity contribution in [2.45, 2.75) is 26.2 Å². The molecule has 0 aromatic heterocycles. The second-order valence-corrected chi connectivity index (χ2v) is 12.5. The number of hydrogen-bond donors (Lipinski definition) is 0. The van der Waals surface area contributed by atoms with Gasteiger partial charge in [-0.3, -0.25) is 0 Å². The molecule has 44 heavy (non-hydrogen) atoms. The Hall–Kier alpha value is -5.02. The summed E-state index contributed by atoms with van der Waals surface area (Å²) < 4.78 is 16.5. The lowest BCUT2D eigenvalue weighted by molar-refractivity contribution is 0.415. The number of hydrogen-bond acceptors (Lipinski definition) is 3. The van der Waals surface area contributed by atoms with Crippen LogP contribution in [-0.4, -0.2) is 21.3 Å². The van der Waals surface area contributed by atoms with Crippen LogP contribution in [-0.2, 0) is 5.41 Å². The molecule has 0 aliphatic rings. The standard InChI is InChI=1S/C41H36O3/c1-41(2,3)37-23-28-13-20-32-35(25-7-14-29(42-4)15-8-25)24-36(26-9-16-30(43-5)17-10-26)33-21-22-34(39(28)40(32)33)38(37)27-11-18-31(44-6)19-12-27/h7-24H,1-6H3. The van der Waals surface area contributed by atoms with E-state index in [4.69, 9.17) is 14.2 Å². The lowest BCUT2D eigenvalue weighted by atomic mass is 9.77. The second kappa shape index (κ2) is 10.6. The Morgan fingerprint density at radius 2 is 0.864 bits per heavy atom. The topological polar surface area (TPSA) is 27.7 Å². The average Bonchev–Trinajstić information content (AvgIpc) is 3.06. The average molecular weight is 577 g/mol. The third-order valence-electron chi connectivity index (χ3n) is 8.89. The Labute approximate surface area is 259 Å². The van der Waals surface area contributed by atoms with Gasteiger partial charge in [-0.2, -0.15) is 0 Å². The van der Waals surface area contributed by atoms with Crippen LogP contribution in [0.5, 0.6) is 17.2 Å². The Kier molecular flexibility index (Phi) is 6.70. The fourth-order valence-electron chi connectivity index (χ4n) is 6.65.